The Bertz CT molecular complexity index is 703. The average molecular weight is 326 g/mol. The lowest BCUT2D eigenvalue weighted by Crippen LogP contribution is -2.26. The minimum Gasteiger partial charge on any atom is -0.477 e. The summed E-state index contributed by atoms with van der Waals surface area (Å²) in [7, 11) is 1.78. The Kier molecular flexibility index (Phi) is 3.57. The van der Waals surface area contributed by atoms with Crippen LogP contribution < -0.4 is 5.56 Å². The van der Waals surface area contributed by atoms with Gasteiger partial charge < -0.3 is 9.67 Å². The molecule has 0 saturated heterocycles. The summed E-state index contributed by atoms with van der Waals surface area (Å²) in [5.41, 5.74) is 0.861. The third-order valence-corrected chi connectivity index (χ3v) is 3.86. The molecule has 2 aromatic rings. The highest BCUT2D eigenvalue weighted by Gasteiger charge is 2.14. The number of carbonyl (C=O) groups is 1. The van der Waals surface area contributed by atoms with Crippen LogP contribution in [0.2, 0.25) is 0 Å². The van der Waals surface area contributed by atoms with E-state index in [9.17, 15) is 9.59 Å². The molecule has 2 aromatic heterocycles. The molecule has 0 bridgehead atoms. The zero-order valence-corrected chi connectivity index (χ0v) is 12.0. The first-order valence-corrected chi connectivity index (χ1v) is 6.32. The number of carboxylic acid groups (broad SMARTS) is 1. The predicted molar refractivity (Wildman–Crippen MR) is 72.4 cm³/mol. The minimum absolute atomic E-state index is 0.238. The van der Waals surface area contributed by atoms with Gasteiger partial charge in [0.25, 0.3) is 5.56 Å². The SMILES string of the molecule is Cc1nn(C)c(Cn2cccc(C(=O)O)c2=O)c1Br. The maximum atomic E-state index is 12.0. The average Bonchev–Trinajstić information content (AvgIpc) is 2.58. The second kappa shape index (κ2) is 5.00. The Labute approximate surface area is 117 Å². The van der Waals surface area contributed by atoms with Gasteiger partial charge in [0.2, 0.25) is 0 Å². The highest BCUT2D eigenvalue weighted by Crippen LogP contribution is 2.20. The van der Waals surface area contributed by atoms with E-state index in [1.54, 1.807) is 24.0 Å². The van der Waals surface area contributed by atoms with Crippen molar-refractivity contribution in [1.29, 1.82) is 0 Å². The lowest BCUT2D eigenvalue weighted by molar-refractivity contribution is 0.0694. The topological polar surface area (TPSA) is 77.1 Å². The fourth-order valence-electron chi connectivity index (χ4n) is 1.84. The van der Waals surface area contributed by atoms with Gasteiger partial charge in [0, 0.05) is 13.2 Å². The van der Waals surface area contributed by atoms with Crippen LogP contribution in [0.25, 0.3) is 0 Å². The minimum atomic E-state index is -1.22. The molecule has 0 saturated carbocycles. The monoisotopic (exact) mass is 325 g/mol. The van der Waals surface area contributed by atoms with Crippen LogP contribution >= 0.6 is 15.9 Å². The third kappa shape index (κ3) is 2.46. The van der Waals surface area contributed by atoms with Crippen molar-refractivity contribution in [2.45, 2.75) is 13.5 Å². The predicted octanol–water partition coefficient (Wildman–Crippen LogP) is 1.40. The van der Waals surface area contributed by atoms with E-state index in [0.29, 0.717) is 0 Å². The third-order valence-electron chi connectivity index (χ3n) is 2.83. The number of hydrogen-bond donors (Lipinski definition) is 1. The van der Waals surface area contributed by atoms with E-state index in [4.69, 9.17) is 5.11 Å². The van der Waals surface area contributed by atoms with E-state index in [1.807, 2.05) is 6.92 Å². The number of hydrogen-bond acceptors (Lipinski definition) is 3. The molecule has 1 N–H and O–H groups in total. The fourth-order valence-corrected chi connectivity index (χ4v) is 2.30. The molecule has 0 aliphatic carbocycles. The van der Waals surface area contributed by atoms with Crippen LogP contribution in [-0.2, 0) is 13.6 Å². The van der Waals surface area contributed by atoms with Gasteiger partial charge in [-0.1, -0.05) is 0 Å². The van der Waals surface area contributed by atoms with Crippen molar-refractivity contribution in [3.8, 4) is 0 Å². The van der Waals surface area contributed by atoms with Crippen molar-refractivity contribution >= 4 is 21.9 Å². The van der Waals surface area contributed by atoms with E-state index >= 15 is 0 Å². The van der Waals surface area contributed by atoms with Gasteiger partial charge in [-0.2, -0.15) is 5.10 Å². The van der Waals surface area contributed by atoms with E-state index in [1.165, 1.54) is 10.6 Å². The summed E-state index contributed by atoms with van der Waals surface area (Å²) in [5.74, 6) is -1.22. The Morgan fingerprint density at radius 3 is 2.74 bits per heavy atom. The van der Waals surface area contributed by atoms with E-state index in [-0.39, 0.29) is 12.1 Å². The van der Waals surface area contributed by atoms with Crippen molar-refractivity contribution in [2.75, 3.05) is 0 Å². The van der Waals surface area contributed by atoms with Crippen LogP contribution in [0.4, 0.5) is 0 Å². The first-order valence-electron chi connectivity index (χ1n) is 5.52. The lowest BCUT2D eigenvalue weighted by Gasteiger charge is -2.07. The molecule has 0 aromatic carbocycles. The summed E-state index contributed by atoms with van der Waals surface area (Å²) in [6, 6.07) is 2.84. The highest BCUT2D eigenvalue weighted by atomic mass is 79.9. The molecule has 0 amide bonds. The summed E-state index contributed by atoms with van der Waals surface area (Å²) < 4.78 is 3.84. The molecule has 2 rings (SSSR count). The van der Waals surface area contributed by atoms with Gasteiger partial charge in [-0.05, 0) is 35.0 Å². The lowest BCUT2D eigenvalue weighted by atomic mass is 10.2. The van der Waals surface area contributed by atoms with Gasteiger partial charge in [0.05, 0.1) is 22.4 Å². The van der Waals surface area contributed by atoms with Crippen molar-refractivity contribution < 1.29 is 9.90 Å². The highest BCUT2D eigenvalue weighted by molar-refractivity contribution is 9.10. The molecule has 6 nitrogen and oxygen atoms in total. The molecule has 0 unspecified atom stereocenters. The van der Waals surface area contributed by atoms with Crippen LogP contribution in [0.5, 0.6) is 0 Å². The molecular formula is C12H12BrN3O3. The number of halogens is 1. The molecular weight excluding hydrogens is 314 g/mol. The molecule has 0 aliphatic rings. The van der Waals surface area contributed by atoms with Crippen LogP contribution in [0.1, 0.15) is 21.7 Å². The van der Waals surface area contributed by atoms with Gasteiger partial charge in [0.15, 0.2) is 0 Å². The summed E-state index contributed by atoms with van der Waals surface area (Å²) in [5, 5.41) is 13.2. The molecule has 0 radical (unpaired) electrons. The smallest absolute Gasteiger partial charge is 0.341 e. The fraction of sp³-hybridized carbons (Fsp3) is 0.250. The van der Waals surface area contributed by atoms with Gasteiger partial charge in [-0.15, -0.1) is 0 Å². The Hall–Kier alpha value is -1.89. The van der Waals surface area contributed by atoms with Gasteiger partial charge in [-0.25, -0.2) is 4.79 Å². The summed E-state index contributed by atoms with van der Waals surface area (Å²) in [6.07, 6.45) is 1.56. The quantitative estimate of drug-likeness (QED) is 0.925. The van der Waals surface area contributed by atoms with Gasteiger partial charge >= 0.3 is 5.97 Å². The van der Waals surface area contributed by atoms with E-state index in [2.05, 4.69) is 21.0 Å². The maximum absolute atomic E-state index is 12.0. The maximum Gasteiger partial charge on any atom is 0.341 e. The molecule has 0 spiro atoms. The molecule has 2 heterocycles. The summed E-state index contributed by atoms with van der Waals surface area (Å²) in [4.78, 5) is 22.9. The Morgan fingerprint density at radius 1 is 1.53 bits per heavy atom. The molecule has 0 aliphatic heterocycles. The standard InChI is InChI=1S/C12H12BrN3O3/c1-7-10(13)9(15(2)14-7)6-16-5-3-4-8(11(16)17)12(18)19/h3-5H,6H2,1-2H3,(H,18,19). The molecule has 100 valence electrons. The van der Waals surface area contributed by atoms with Crippen molar-refractivity contribution in [3.05, 3.63) is 50.1 Å². The molecule has 0 atom stereocenters. The Balaban J connectivity index is 2.47. The largest absolute Gasteiger partial charge is 0.477 e. The number of aromatic nitrogens is 3. The Morgan fingerprint density at radius 2 is 2.21 bits per heavy atom. The molecule has 19 heavy (non-hydrogen) atoms. The first kappa shape index (κ1) is 13.5. The molecule has 0 fully saturated rings. The van der Waals surface area contributed by atoms with Crippen molar-refractivity contribution in [1.82, 2.24) is 14.3 Å². The van der Waals surface area contributed by atoms with Crippen LogP contribution in [0, 0.1) is 6.92 Å². The number of nitrogens with zero attached hydrogens (tertiary/aromatic N) is 3. The zero-order chi connectivity index (χ0) is 14.2. The normalized spacial score (nSPS) is 10.7. The zero-order valence-electron chi connectivity index (χ0n) is 10.4. The number of pyridine rings is 1. The van der Waals surface area contributed by atoms with Crippen LogP contribution in [0.3, 0.4) is 0 Å². The number of aryl methyl sites for hydroxylation is 2. The number of aromatic carboxylic acids is 1. The van der Waals surface area contributed by atoms with E-state index < -0.39 is 11.5 Å². The number of rotatable bonds is 3. The second-order valence-electron chi connectivity index (χ2n) is 4.13. The second-order valence-corrected chi connectivity index (χ2v) is 4.92. The number of carboxylic acids is 1. The van der Waals surface area contributed by atoms with Crippen LogP contribution in [-0.4, -0.2) is 25.4 Å². The van der Waals surface area contributed by atoms with Crippen LogP contribution in [0.15, 0.2) is 27.6 Å². The van der Waals surface area contributed by atoms with E-state index in [0.717, 1.165) is 15.9 Å². The van der Waals surface area contributed by atoms with Crippen molar-refractivity contribution in [3.63, 3.8) is 0 Å². The summed E-state index contributed by atoms with van der Waals surface area (Å²) in [6.45, 7) is 2.11. The molecule has 7 heteroatoms. The first-order chi connectivity index (χ1) is 8.91. The van der Waals surface area contributed by atoms with Gasteiger partial charge in [0.1, 0.15) is 5.56 Å². The van der Waals surface area contributed by atoms with Gasteiger partial charge in [-0.3, -0.25) is 9.48 Å². The summed E-state index contributed by atoms with van der Waals surface area (Å²) >= 11 is 3.42. The van der Waals surface area contributed by atoms with Crippen molar-refractivity contribution in [2.24, 2.45) is 7.05 Å².